The number of hydrogen-bond donors (Lipinski definition) is 0. The van der Waals surface area contributed by atoms with Crippen LogP contribution in [-0.4, -0.2) is 67.4 Å². The first-order valence-corrected chi connectivity index (χ1v) is 14.5. The van der Waals surface area contributed by atoms with Crippen molar-refractivity contribution in [1.82, 2.24) is 9.80 Å². The Morgan fingerprint density at radius 3 is 2.35 bits per heavy atom. The maximum Gasteiger partial charge on any atom is 0.410 e. The van der Waals surface area contributed by atoms with Gasteiger partial charge in [0.25, 0.3) is 0 Å². The average Bonchev–Trinajstić information content (AvgIpc) is 3.34. The molecular formula is C33H38N2O5. The van der Waals surface area contributed by atoms with Gasteiger partial charge in [-0.1, -0.05) is 60.7 Å². The summed E-state index contributed by atoms with van der Waals surface area (Å²) in [5, 5.41) is 0. The van der Waals surface area contributed by atoms with E-state index in [4.69, 9.17) is 18.9 Å². The zero-order valence-electron chi connectivity index (χ0n) is 23.0. The van der Waals surface area contributed by atoms with Gasteiger partial charge in [-0.2, -0.15) is 0 Å². The minimum absolute atomic E-state index is 0.00783. The highest BCUT2D eigenvalue weighted by Crippen LogP contribution is 2.36. The molecule has 2 fully saturated rings. The van der Waals surface area contributed by atoms with Crippen LogP contribution in [0.5, 0.6) is 17.2 Å². The molecule has 2 atom stereocenters. The zero-order chi connectivity index (χ0) is 27.1. The van der Waals surface area contributed by atoms with E-state index < -0.39 is 0 Å². The smallest absolute Gasteiger partial charge is 0.410 e. The quantitative estimate of drug-likeness (QED) is 0.334. The number of likely N-dealkylation sites (tertiary alicyclic amines) is 1. The van der Waals surface area contributed by atoms with Crippen LogP contribution in [0.4, 0.5) is 4.79 Å². The van der Waals surface area contributed by atoms with Crippen molar-refractivity contribution in [2.75, 3.05) is 39.4 Å². The minimum Gasteiger partial charge on any atom is -0.489 e. The van der Waals surface area contributed by atoms with Gasteiger partial charge in [-0.25, -0.2) is 4.79 Å². The van der Waals surface area contributed by atoms with Gasteiger partial charge in [-0.15, -0.1) is 0 Å². The Morgan fingerprint density at radius 1 is 0.825 bits per heavy atom. The lowest BCUT2D eigenvalue weighted by atomic mass is 9.93. The van der Waals surface area contributed by atoms with E-state index in [9.17, 15) is 4.79 Å². The number of rotatable bonds is 10. The van der Waals surface area contributed by atoms with E-state index in [2.05, 4.69) is 29.2 Å². The van der Waals surface area contributed by atoms with Gasteiger partial charge in [0.2, 0.25) is 0 Å². The van der Waals surface area contributed by atoms with Crippen molar-refractivity contribution in [2.24, 2.45) is 5.92 Å². The lowest BCUT2D eigenvalue weighted by Crippen LogP contribution is -2.44. The average molecular weight is 543 g/mol. The molecule has 1 amide bonds. The number of nitrogens with zero attached hydrogens (tertiary/aromatic N) is 2. The molecule has 0 saturated carbocycles. The maximum atomic E-state index is 12.4. The fourth-order valence-electron chi connectivity index (χ4n) is 5.90. The molecule has 0 bridgehead atoms. The predicted octanol–water partition coefficient (Wildman–Crippen LogP) is 5.57. The Kier molecular flexibility index (Phi) is 8.38. The second kappa shape index (κ2) is 12.6. The van der Waals surface area contributed by atoms with Crippen LogP contribution in [0.3, 0.4) is 0 Å². The standard InChI is InChI=1S/C33H38N2O5/c36-33-35(28(23-39-33)19-26-7-3-1-4-8-26)18-15-25-13-16-34(17-14-25)21-30-24-38-31-12-11-29(20-32(31)40-30)37-22-27-9-5-2-6-10-27/h1-12,20,25,28,30H,13-19,21-24H2/t28?,30-/m0/s1. The van der Waals surface area contributed by atoms with E-state index in [1.54, 1.807) is 0 Å². The fraction of sp³-hybridized carbons (Fsp3) is 0.424. The van der Waals surface area contributed by atoms with Crippen LogP contribution >= 0.6 is 0 Å². The van der Waals surface area contributed by atoms with Gasteiger partial charge in [-0.3, -0.25) is 4.90 Å². The highest BCUT2D eigenvalue weighted by Gasteiger charge is 2.34. The molecule has 3 aromatic carbocycles. The third-order valence-electron chi connectivity index (χ3n) is 8.22. The molecule has 0 radical (unpaired) electrons. The summed E-state index contributed by atoms with van der Waals surface area (Å²) in [5.74, 6) is 2.92. The van der Waals surface area contributed by atoms with Gasteiger partial charge in [-0.05, 0) is 68.0 Å². The Labute approximate surface area is 236 Å². The molecule has 3 aromatic rings. The molecule has 0 N–H and O–H groups in total. The third-order valence-corrected chi connectivity index (χ3v) is 8.22. The number of amides is 1. The Hall–Kier alpha value is -3.71. The molecule has 40 heavy (non-hydrogen) atoms. The maximum absolute atomic E-state index is 12.4. The Bertz CT molecular complexity index is 1250. The lowest BCUT2D eigenvalue weighted by molar-refractivity contribution is 0.0462. The molecular weight excluding hydrogens is 504 g/mol. The SMILES string of the molecule is O=C1OCC(Cc2ccccc2)N1CCC1CCN(C[C@H]2COc3ccc(OCc4ccccc4)cc3O2)CC1. The van der Waals surface area contributed by atoms with E-state index in [1.165, 1.54) is 5.56 Å². The minimum atomic E-state index is -0.165. The van der Waals surface area contributed by atoms with E-state index in [1.807, 2.05) is 59.5 Å². The third kappa shape index (κ3) is 6.70. The summed E-state index contributed by atoms with van der Waals surface area (Å²) in [6, 6.07) is 26.4. The largest absolute Gasteiger partial charge is 0.489 e. The van der Waals surface area contributed by atoms with Crippen molar-refractivity contribution in [1.29, 1.82) is 0 Å². The highest BCUT2D eigenvalue weighted by atomic mass is 16.6. The zero-order valence-corrected chi connectivity index (χ0v) is 23.0. The van der Waals surface area contributed by atoms with Crippen LogP contribution < -0.4 is 14.2 Å². The molecule has 0 aliphatic carbocycles. The van der Waals surface area contributed by atoms with Gasteiger partial charge in [0, 0.05) is 19.2 Å². The van der Waals surface area contributed by atoms with Gasteiger partial charge < -0.3 is 23.8 Å². The summed E-state index contributed by atoms with van der Waals surface area (Å²) in [6.07, 6.45) is 3.96. The Balaban J connectivity index is 0.941. The molecule has 2 saturated heterocycles. The van der Waals surface area contributed by atoms with Gasteiger partial charge >= 0.3 is 6.09 Å². The van der Waals surface area contributed by atoms with Crippen LogP contribution in [0, 0.1) is 5.92 Å². The number of piperidine rings is 1. The summed E-state index contributed by atoms with van der Waals surface area (Å²) >= 11 is 0. The monoisotopic (exact) mass is 542 g/mol. The first-order chi connectivity index (χ1) is 19.7. The van der Waals surface area contributed by atoms with Crippen molar-refractivity contribution >= 4 is 6.09 Å². The summed E-state index contributed by atoms with van der Waals surface area (Å²) in [7, 11) is 0. The number of fused-ring (bicyclic) bond motifs is 1. The molecule has 6 rings (SSSR count). The van der Waals surface area contributed by atoms with Crippen LogP contribution in [0.2, 0.25) is 0 Å². The van der Waals surface area contributed by atoms with Crippen LogP contribution in [0.15, 0.2) is 78.9 Å². The summed E-state index contributed by atoms with van der Waals surface area (Å²) < 4.78 is 23.7. The van der Waals surface area contributed by atoms with Crippen LogP contribution in [0.1, 0.15) is 30.4 Å². The molecule has 210 valence electrons. The highest BCUT2D eigenvalue weighted by molar-refractivity contribution is 5.70. The number of carbonyl (C=O) groups is 1. The van der Waals surface area contributed by atoms with Gasteiger partial charge in [0.1, 0.15) is 31.7 Å². The number of carbonyl (C=O) groups excluding carboxylic acids is 1. The molecule has 3 aliphatic rings. The van der Waals surface area contributed by atoms with E-state index >= 15 is 0 Å². The second-order valence-corrected chi connectivity index (χ2v) is 11.1. The van der Waals surface area contributed by atoms with Crippen LogP contribution in [0.25, 0.3) is 0 Å². The summed E-state index contributed by atoms with van der Waals surface area (Å²) in [6.45, 7) is 5.25. The fourth-order valence-corrected chi connectivity index (χ4v) is 5.90. The predicted molar refractivity (Wildman–Crippen MR) is 153 cm³/mol. The van der Waals surface area contributed by atoms with Gasteiger partial charge in [0.05, 0.1) is 6.04 Å². The lowest BCUT2D eigenvalue weighted by Gasteiger charge is -2.36. The molecule has 0 spiro atoms. The topological polar surface area (TPSA) is 60.5 Å². The number of ether oxygens (including phenoxy) is 4. The Morgan fingerprint density at radius 2 is 1.57 bits per heavy atom. The number of hydrogen-bond acceptors (Lipinski definition) is 6. The molecule has 7 nitrogen and oxygen atoms in total. The molecule has 3 heterocycles. The molecule has 7 heteroatoms. The molecule has 1 unspecified atom stereocenters. The normalized spacial score (nSPS) is 21.3. The molecule has 0 aromatic heterocycles. The van der Waals surface area contributed by atoms with E-state index in [0.29, 0.717) is 25.7 Å². The van der Waals surface area contributed by atoms with Crippen LogP contribution in [-0.2, 0) is 17.8 Å². The van der Waals surface area contributed by atoms with Crippen molar-refractivity contribution in [3.05, 3.63) is 90.0 Å². The number of cyclic esters (lactones) is 1. The first-order valence-electron chi connectivity index (χ1n) is 14.5. The van der Waals surface area contributed by atoms with Crippen molar-refractivity contribution in [2.45, 2.75) is 44.4 Å². The molecule has 3 aliphatic heterocycles. The van der Waals surface area contributed by atoms with Crippen molar-refractivity contribution < 1.29 is 23.7 Å². The van der Waals surface area contributed by atoms with E-state index in [0.717, 1.165) is 74.7 Å². The first kappa shape index (κ1) is 26.5. The van der Waals surface area contributed by atoms with E-state index in [-0.39, 0.29) is 18.2 Å². The van der Waals surface area contributed by atoms with Crippen molar-refractivity contribution in [3.8, 4) is 17.2 Å². The second-order valence-electron chi connectivity index (χ2n) is 11.1. The summed E-state index contributed by atoms with van der Waals surface area (Å²) in [4.78, 5) is 16.8. The van der Waals surface area contributed by atoms with Gasteiger partial charge in [0.15, 0.2) is 11.5 Å². The van der Waals surface area contributed by atoms with Crippen molar-refractivity contribution in [3.63, 3.8) is 0 Å². The number of benzene rings is 3. The summed E-state index contributed by atoms with van der Waals surface area (Å²) in [5.41, 5.74) is 2.38.